The van der Waals surface area contributed by atoms with E-state index in [0.717, 1.165) is 61.6 Å². The van der Waals surface area contributed by atoms with Crippen LogP contribution in [0.15, 0.2) is 65.5 Å². The molecule has 4 heterocycles. The third-order valence-corrected chi connectivity index (χ3v) is 8.66. The topological polar surface area (TPSA) is 107 Å². The maximum Gasteiger partial charge on any atom is 0.343 e. The summed E-state index contributed by atoms with van der Waals surface area (Å²) in [6.45, 7) is 4.60. The predicted molar refractivity (Wildman–Crippen MR) is 155 cm³/mol. The van der Waals surface area contributed by atoms with Gasteiger partial charge in [-0.3, -0.25) is 4.79 Å². The first-order chi connectivity index (χ1) is 19.4. The zero-order valence-electron chi connectivity index (χ0n) is 22.5. The van der Waals surface area contributed by atoms with E-state index in [1.165, 1.54) is 0 Å². The second-order valence-electron chi connectivity index (χ2n) is 10.7. The Morgan fingerprint density at radius 1 is 1.00 bits per heavy atom. The van der Waals surface area contributed by atoms with E-state index in [4.69, 9.17) is 15.5 Å². The number of fused-ring (bicyclic) bond motifs is 7. The van der Waals surface area contributed by atoms with Crippen LogP contribution in [-0.2, 0) is 41.2 Å². The highest BCUT2D eigenvalue weighted by atomic mass is 16.6. The number of benzene rings is 3. The summed E-state index contributed by atoms with van der Waals surface area (Å²) in [4.78, 5) is 31.3. The first-order valence-corrected chi connectivity index (χ1v) is 13.7. The molecule has 2 aromatic heterocycles. The molecular formula is C33H29N3O4. The molecule has 0 bridgehead atoms. The Labute approximate surface area is 230 Å². The highest BCUT2D eigenvalue weighted by Gasteiger charge is 2.45. The van der Waals surface area contributed by atoms with Crippen LogP contribution >= 0.6 is 0 Å². The molecule has 0 spiro atoms. The third kappa shape index (κ3) is 3.34. The van der Waals surface area contributed by atoms with E-state index in [-0.39, 0.29) is 18.6 Å². The summed E-state index contributed by atoms with van der Waals surface area (Å²) in [7, 11) is 0. The van der Waals surface area contributed by atoms with Gasteiger partial charge < -0.3 is 20.1 Å². The van der Waals surface area contributed by atoms with Gasteiger partial charge in [-0.05, 0) is 64.1 Å². The molecular weight excluding hydrogens is 502 g/mol. The smallest absolute Gasteiger partial charge is 0.343 e. The second-order valence-corrected chi connectivity index (χ2v) is 10.7. The lowest BCUT2D eigenvalue weighted by atomic mass is 9.86. The quantitative estimate of drug-likeness (QED) is 0.247. The van der Waals surface area contributed by atoms with Crippen LogP contribution in [-0.4, -0.2) is 20.6 Å². The standard InChI is InChI=1S/C33H29N3O4/c1-3-22-24-16-36-28(14-26-25(31(36)37)17-40-32(38)33(26,39)4-2)30(24)35-27-12-11-20-9-10-21(13-23(20)29(22)27)19-7-5-18(15-34)6-8-19/h5-14,39H,3-4,15-17,34H2,1-2H3/t33-/m0/s1. The maximum absolute atomic E-state index is 13.7. The highest BCUT2D eigenvalue weighted by molar-refractivity contribution is 6.10. The SMILES string of the molecule is CCc1c2c(nc3ccc4ccc(-c5ccc(CN)cc5)cc4c13)-c1cc3c(c(=O)n1C2)COC(=O)[C@]3(O)CC. The van der Waals surface area contributed by atoms with Gasteiger partial charge in [-0.15, -0.1) is 0 Å². The molecule has 0 fully saturated rings. The van der Waals surface area contributed by atoms with Crippen molar-refractivity contribution in [3.63, 3.8) is 0 Å². The minimum Gasteiger partial charge on any atom is -0.458 e. The van der Waals surface area contributed by atoms with Crippen molar-refractivity contribution < 1.29 is 14.6 Å². The van der Waals surface area contributed by atoms with Crippen molar-refractivity contribution in [2.75, 3.05) is 0 Å². The number of rotatable bonds is 4. The van der Waals surface area contributed by atoms with E-state index in [0.29, 0.717) is 29.9 Å². The second kappa shape index (κ2) is 8.84. The van der Waals surface area contributed by atoms with Gasteiger partial charge in [0.25, 0.3) is 5.56 Å². The summed E-state index contributed by atoms with van der Waals surface area (Å²) in [5.41, 5.74) is 12.1. The number of carbonyl (C=O) groups excluding carboxylic acids is 1. The van der Waals surface area contributed by atoms with Gasteiger partial charge >= 0.3 is 5.97 Å². The Balaban J connectivity index is 1.47. The molecule has 7 rings (SSSR count). The van der Waals surface area contributed by atoms with Gasteiger partial charge in [-0.2, -0.15) is 0 Å². The monoisotopic (exact) mass is 531 g/mol. The van der Waals surface area contributed by atoms with E-state index in [2.05, 4.69) is 55.5 Å². The summed E-state index contributed by atoms with van der Waals surface area (Å²) in [6.07, 6.45) is 0.877. The minimum atomic E-state index is -1.84. The zero-order valence-corrected chi connectivity index (χ0v) is 22.5. The Hall–Kier alpha value is -4.33. The number of nitrogens with two attached hydrogens (primary N) is 1. The van der Waals surface area contributed by atoms with E-state index >= 15 is 0 Å². The van der Waals surface area contributed by atoms with Crippen LogP contribution < -0.4 is 11.3 Å². The summed E-state index contributed by atoms with van der Waals surface area (Å²) >= 11 is 0. The lowest BCUT2D eigenvalue weighted by Crippen LogP contribution is -2.44. The first-order valence-electron chi connectivity index (χ1n) is 13.7. The normalized spacial score (nSPS) is 17.6. The fourth-order valence-electron chi connectivity index (χ4n) is 6.40. The molecule has 0 saturated carbocycles. The third-order valence-electron chi connectivity index (χ3n) is 8.66. The molecule has 7 heteroatoms. The number of esters is 1. The summed E-state index contributed by atoms with van der Waals surface area (Å²) in [6, 6.07) is 20.7. The molecule has 200 valence electrons. The highest BCUT2D eigenvalue weighted by Crippen LogP contribution is 2.42. The number of aryl methyl sites for hydroxylation is 1. The Kier molecular flexibility index (Phi) is 5.46. The van der Waals surface area contributed by atoms with Crippen LogP contribution in [0.3, 0.4) is 0 Å². The molecule has 0 aliphatic carbocycles. The molecule has 0 radical (unpaired) electrons. The predicted octanol–water partition coefficient (Wildman–Crippen LogP) is 4.92. The number of hydrogen-bond acceptors (Lipinski definition) is 6. The van der Waals surface area contributed by atoms with Crippen LogP contribution in [0.2, 0.25) is 0 Å². The van der Waals surface area contributed by atoms with Crippen molar-refractivity contribution in [1.29, 1.82) is 0 Å². The lowest BCUT2D eigenvalue weighted by Gasteiger charge is -2.31. The van der Waals surface area contributed by atoms with Gasteiger partial charge in [0.2, 0.25) is 0 Å². The van der Waals surface area contributed by atoms with Crippen molar-refractivity contribution >= 4 is 27.6 Å². The summed E-state index contributed by atoms with van der Waals surface area (Å²) in [5, 5.41) is 14.5. The molecule has 0 unspecified atom stereocenters. The number of aromatic nitrogens is 2. The van der Waals surface area contributed by atoms with Crippen LogP contribution in [0.5, 0.6) is 0 Å². The lowest BCUT2D eigenvalue weighted by molar-refractivity contribution is -0.172. The number of cyclic esters (lactones) is 1. The molecule has 5 aromatic rings. The maximum atomic E-state index is 13.7. The van der Waals surface area contributed by atoms with Gasteiger partial charge in [-0.25, -0.2) is 9.78 Å². The summed E-state index contributed by atoms with van der Waals surface area (Å²) in [5.74, 6) is -0.717. The molecule has 40 heavy (non-hydrogen) atoms. The Morgan fingerprint density at radius 2 is 1.75 bits per heavy atom. The van der Waals surface area contributed by atoms with Gasteiger partial charge in [0.1, 0.15) is 6.61 Å². The molecule has 1 atom stereocenters. The van der Waals surface area contributed by atoms with E-state index in [9.17, 15) is 14.7 Å². The number of pyridine rings is 2. The fourth-order valence-corrected chi connectivity index (χ4v) is 6.40. The molecule has 2 aliphatic heterocycles. The van der Waals surface area contributed by atoms with Crippen molar-refractivity contribution in [3.8, 4) is 22.5 Å². The summed E-state index contributed by atoms with van der Waals surface area (Å²) < 4.78 is 6.93. The van der Waals surface area contributed by atoms with Gasteiger partial charge in [0.15, 0.2) is 5.60 Å². The molecule has 3 N–H and O–H groups in total. The van der Waals surface area contributed by atoms with E-state index < -0.39 is 11.6 Å². The van der Waals surface area contributed by atoms with Crippen LogP contribution in [0.1, 0.15) is 48.1 Å². The molecule has 3 aromatic carbocycles. The first kappa shape index (κ1) is 24.7. The van der Waals surface area contributed by atoms with Crippen molar-refractivity contribution in [2.24, 2.45) is 5.73 Å². The average molecular weight is 532 g/mol. The van der Waals surface area contributed by atoms with Crippen LogP contribution in [0.4, 0.5) is 0 Å². The van der Waals surface area contributed by atoms with E-state index in [1.54, 1.807) is 17.6 Å². The molecule has 0 amide bonds. The van der Waals surface area contributed by atoms with E-state index in [1.807, 2.05) is 6.07 Å². The van der Waals surface area contributed by atoms with Crippen molar-refractivity contribution in [2.45, 2.75) is 52.0 Å². The van der Waals surface area contributed by atoms with Crippen molar-refractivity contribution in [3.05, 3.63) is 98.8 Å². The molecule has 0 saturated heterocycles. The number of ether oxygens (including phenoxy) is 1. The Bertz CT molecular complexity index is 1940. The fraction of sp³-hybridized carbons (Fsp3) is 0.242. The van der Waals surface area contributed by atoms with Gasteiger partial charge in [0.05, 0.1) is 29.0 Å². The zero-order chi connectivity index (χ0) is 27.8. The molecule has 7 nitrogen and oxygen atoms in total. The van der Waals surface area contributed by atoms with Crippen LogP contribution in [0, 0.1) is 0 Å². The molecule has 2 aliphatic rings. The van der Waals surface area contributed by atoms with Crippen LogP contribution in [0.25, 0.3) is 44.2 Å². The Morgan fingerprint density at radius 3 is 2.48 bits per heavy atom. The average Bonchev–Trinajstić information content (AvgIpc) is 3.36. The van der Waals surface area contributed by atoms with Crippen molar-refractivity contribution in [1.82, 2.24) is 9.55 Å². The number of carbonyl (C=O) groups is 1. The van der Waals surface area contributed by atoms with Gasteiger partial charge in [-0.1, -0.05) is 56.3 Å². The number of hydrogen-bond donors (Lipinski definition) is 2. The largest absolute Gasteiger partial charge is 0.458 e. The number of aliphatic hydroxyl groups is 1. The number of nitrogens with zero attached hydrogens (tertiary/aromatic N) is 2. The van der Waals surface area contributed by atoms with Gasteiger partial charge in [0, 0.05) is 23.1 Å². The minimum absolute atomic E-state index is 0.114.